The van der Waals surface area contributed by atoms with Gasteiger partial charge in [0.25, 0.3) is 0 Å². The van der Waals surface area contributed by atoms with Crippen molar-refractivity contribution in [1.29, 1.82) is 0 Å². The van der Waals surface area contributed by atoms with Crippen LogP contribution in [0, 0.1) is 41.4 Å². The molecule has 0 spiro atoms. The Morgan fingerprint density at radius 3 is 2.12 bits per heavy atom. The van der Waals surface area contributed by atoms with Gasteiger partial charge in [0.05, 0.1) is 17.6 Å². The molecule has 2 aromatic rings. The maximum Gasteiger partial charge on any atom is 0.191 e. The maximum absolute atomic E-state index is 14.5. The minimum absolute atomic E-state index is 0.114. The normalized spacial score (nSPS) is 35.6. The third-order valence-corrected chi connectivity index (χ3v) is 10.8. The van der Waals surface area contributed by atoms with Crippen LogP contribution < -0.4 is 0 Å². The molecule has 43 heavy (non-hydrogen) atoms. The molecule has 8 heteroatoms. The number of Topliss-reactive ketones (excluding diaryl/α,β-unsaturated/α-hetero) is 5. The fourth-order valence-corrected chi connectivity index (χ4v) is 8.37. The van der Waals surface area contributed by atoms with Gasteiger partial charge in [-0.3, -0.25) is 24.0 Å². The van der Waals surface area contributed by atoms with Crippen molar-refractivity contribution in [2.24, 2.45) is 34.5 Å². The Balaban J connectivity index is 1.70. The quantitative estimate of drug-likeness (QED) is 0.359. The average molecular weight is 587 g/mol. The number of aliphatic hydroxyl groups is 2. The van der Waals surface area contributed by atoms with Gasteiger partial charge in [0, 0.05) is 22.3 Å². The topological polar surface area (TPSA) is 146 Å². The van der Waals surface area contributed by atoms with Crippen molar-refractivity contribution in [1.82, 2.24) is 0 Å². The van der Waals surface area contributed by atoms with Gasteiger partial charge >= 0.3 is 0 Å². The first-order valence-electron chi connectivity index (χ1n) is 14.6. The second kappa shape index (κ2) is 9.89. The second-order valence-electron chi connectivity index (χ2n) is 13.4. The molecule has 8 nitrogen and oxygen atoms in total. The molecule has 8 atom stereocenters. The number of benzene rings is 2. The number of phenols is 1. The molecule has 3 aliphatic carbocycles. The lowest BCUT2D eigenvalue weighted by atomic mass is 9.37. The van der Waals surface area contributed by atoms with E-state index in [0.29, 0.717) is 11.1 Å². The molecule has 0 aromatic heterocycles. The average Bonchev–Trinajstić information content (AvgIpc) is 2.93. The van der Waals surface area contributed by atoms with Crippen molar-refractivity contribution in [3.8, 4) is 5.75 Å². The van der Waals surface area contributed by atoms with E-state index >= 15 is 0 Å². The highest BCUT2D eigenvalue weighted by Gasteiger charge is 2.80. The van der Waals surface area contributed by atoms with Gasteiger partial charge in [-0.1, -0.05) is 88.7 Å². The van der Waals surface area contributed by atoms with Crippen LogP contribution in [0.3, 0.4) is 0 Å². The van der Waals surface area contributed by atoms with Gasteiger partial charge in [0.15, 0.2) is 28.7 Å². The fourth-order valence-electron chi connectivity index (χ4n) is 8.37. The lowest BCUT2D eigenvalue weighted by Crippen LogP contribution is -2.81. The fraction of sp³-hybridized carbons (Fsp3) is 0.457. The van der Waals surface area contributed by atoms with E-state index in [1.807, 2.05) is 31.2 Å². The highest BCUT2D eigenvalue weighted by atomic mass is 16.3. The van der Waals surface area contributed by atoms with Crippen LogP contribution in [0.5, 0.6) is 5.75 Å². The number of rotatable bonds is 4. The van der Waals surface area contributed by atoms with Crippen LogP contribution in [0.25, 0.3) is 12.2 Å². The zero-order valence-electron chi connectivity index (χ0n) is 25.5. The van der Waals surface area contributed by atoms with Crippen molar-refractivity contribution in [3.05, 3.63) is 64.2 Å². The first-order chi connectivity index (χ1) is 20.0. The summed E-state index contributed by atoms with van der Waals surface area (Å²) in [6.45, 7) is 11.0. The molecule has 2 aromatic carbocycles. The number of carbonyl (C=O) groups is 5. The summed E-state index contributed by atoms with van der Waals surface area (Å²) in [6, 6.07) is 11.0. The summed E-state index contributed by atoms with van der Waals surface area (Å²) in [7, 11) is 0. The number of aryl methyl sites for hydroxylation is 1. The third-order valence-electron chi connectivity index (χ3n) is 10.8. The van der Waals surface area contributed by atoms with E-state index in [1.54, 1.807) is 52.0 Å². The van der Waals surface area contributed by atoms with Gasteiger partial charge in [-0.05, 0) is 36.8 Å². The Morgan fingerprint density at radius 1 is 0.953 bits per heavy atom. The number of aromatic hydroxyl groups is 1. The lowest BCUT2D eigenvalue weighted by Gasteiger charge is -2.65. The summed E-state index contributed by atoms with van der Waals surface area (Å²) < 4.78 is 0. The van der Waals surface area contributed by atoms with Gasteiger partial charge in [-0.2, -0.15) is 0 Å². The van der Waals surface area contributed by atoms with Crippen LogP contribution in [-0.2, 0) is 19.2 Å². The largest absolute Gasteiger partial charge is 0.507 e. The molecule has 2 saturated carbocycles. The smallest absolute Gasteiger partial charge is 0.191 e. The first kappa shape index (κ1) is 30.7. The van der Waals surface area contributed by atoms with Crippen LogP contribution in [0.2, 0.25) is 0 Å². The molecule has 3 aliphatic rings. The summed E-state index contributed by atoms with van der Waals surface area (Å²) in [5, 5.41) is 35.8. The van der Waals surface area contributed by atoms with E-state index in [9.17, 15) is 39.3 Å². The molecule has 0 bridgehead atoms. The van der Waals surface area contributed by atoms with Crippen LogP contribution in [0.1, 0.15) is 80.1 Å². The van der Waals surface area contributed by atoms with Crippen molar-refractivity contribution in [3.63, 3.8) is 0 Å². The highest BCUT2D eigenvalue weighted by Crippen LogP contribution is 2.66. The molecule has 5 rings (SSSR count). The zero-order valence-corrected chi connectivity index (χ0v) is 25.5. The molecule has 0 aliphatic heterocycles. The summed E-state index contributed by atoms with van der Waals surface area (Å²) in [6.07, 6.45) is 1.74. The lowest BCUT2D eigenvalue weighted by molar-refractivity contribution is -0.240. The van der Waals surface area contributed by atoms with Gasteiger partial charge in [-0.25, -0.2) is 0 Å². The van der Waals surface area contributed by atoms with Gasteiger partial charge in [0.2, 0.25) is 0 Å². The number of ketones is 5. The molecule has 226 valence electrons. The Labute approximate surface area is 250 Å². The maximum atomic E-state index is 14.5. The number of fused-ring (bicyclic) bond motifs is 3. The molecule has 3 N–H and O–H groups in total. The SMILES string of the molecule is CC(=O)C1C(=O)C(C(C)C)[C@@]2(C)[C@H](O)[C@]3(C)C(C(=O)c4c(ccc(/C=C/c5ccc(C)cc5)c4O)[C@H]3C)C(=O)[C@@]2(O)C1=O. The Hall–Kier alpha value is -3.75. The minimum Gasteiger partial charge on any atom is -0.507 e. The van der Waals surface area contributed by atoms with Crippen molar-refractivity contribution in [2.75, 3.05) is 0 Å². The molecule has 2 fully saturated rings. The molecule has 0 amide bonds. The molecule has 3 unspecified atom stereocenters. The van der Waals surface area contributed by atoms with Crippen LogP contribution in [-0.4, -0.2) is 55.9 Å². The predicted octanol–water partition coefficient (Wildman–Crippen LogP) is 4.10. The number of aliphatic hydroxyl groups excluding tert-OH is 1. The second-order valence-corrected chi connectivity index (χ2v) is 13.4. The van der Waals surface area contributed by atoms with Gasteiger partial charge < -0.3 is 15.3 Å². The van der Waals surface area contributed by atoms with Crippen molar-refractivity contribution in [2.45, 2.75) is 66.1 Å². The number of carbonyl (C=O) groups excluding carboxylic acids is 5. The van der Waals surface area contributed by atoms with Crippen molar-refractivity contribution < 1.29 is 39.3 Å². The third kappa shape index (κ3) is 3.78. The summed E-state index contributed by atoms with van der Waals surface area (Å²) >= 11 is 0. The van der Waals surface area contributed by atoms with E-state index in [2.05, 4.69) is 0 Å². The molecule has 0 heterocycles. The van der Waals surface area contributed by atoms with E-state index < -0.39 is 81.0 Å². The summed E-state index contributed by atoms with van der Waals surface area (Å²) in [5.41, 5.74) is -3.98. The first-order valence-corrected chi connectivity index (χ1v) is 14.6. The van der Waals surface area contributed by atoms with Crippen LogP contribution in [0.4, 0.5) is 0 Å². The van der Waals surface area contributed by atoms with Crippen molar-refractivity contribution >= 4 is 41.1 Å². The number of hydrogen-bond donors (Lipinski definition) is 3. The van der Waals surface area contributed by atoms with Crippen LogP contribution >= 0.6 is 0 Å². The molecular weight excluding hydrogens is 548 g/mol. The van der Waals surface area contributed by atoms with E-state index in [1.165, 1.54) is 6.92 Å². The van der Waals surface area contributed by atoms with Gasteiger partial charge in [-0.15, -0.1) is 0 Å². The minimum atomic E-state index is -2.98. The highest BCUT2D eigenvalue weighted by molar-refractivity contribution is 6.33. The Bertz CT molecular complexity index is 1620. The van der Waals surface area contributed by atoms with E-state index in [4.69, 9.17) is 0 Å². The Morgan fingerprint density at radius 2 is 1.56 bits per heavy atom. The molecule has 0 saturated heterocycles. The van der Waals surface area contributed by atoms with E-state index in [-0.39, 0.29) is 11.3 Å². The van der Waals surface area contributed by atoms with Gasteiger partial charge in [0.1, 0.15) is 17.5 Å². The predicted molar refractivity (Wildman–Crippen MR) is 159 cm³/mol. The monoisotopic (exact) mass is 586 g/mol. The standard InChI is InChI=1S/C35H38O8/c1-16(2)25-28(38)23(19(5)36)30(40)35(43)31(41)26-29(39)24-22(18(4)33(26,6)32(42)34(25,35)7)15-14-21(27(24)37)13-12-20-10-8-17(3)9-11-20/h8-16,18,23,25-26,32,37,42-43H,1-7H3/b13-12+/t18-,23?,25?,26?,32-,33+,34+,35+/m1/s1. The number of phenolic OH excluding ortho intramolecular Hbond substituents is 1. The van der Waals surface area contributed by atoms with E-state index in [0.717, 1.165) is 18.1 Å². The number of hydrogen-bond acceptors (Lipinski definition) is 8. The zero-order chi connectivity index (χ0) is 32.0. The molecular formula is C35H38O8. The summed E-state index contributed by atoms with van der Waals surface area (Å²) in [4.78, 5) is 68.9. The summed E-state index contributed by atoms with van der Waals surface area (Å²) in [5.74, 6) is -11.3. The Kier molecular flexibility index (Phi) is 7.06. The molecule has 0 radical (unpaired) electrons. The van der Waals surface area contributed by atoms with Crippen LogP contribution in [0.15, 0.2) is 36.4 Å².